The van der Waals surface area contributed by atoms with Gasteiger partial charge in [-0.1, -0.05) is 40.2 Å². The van der Waals surface area contributed by atoms with Gasteiger partial charge in [-0.15, -0.1) is 0 Å². The number of hydrogen-bond donors (Lipinski definition) is 2. The highest BCUT2D eigenvalue weighted by molar-refractivity contribution is 9.10. The minimum absolute atomic E-state index is 0.457. The highest BCUT2D eigenvalue weighted by atomic mass is 79.9. The molecule has 0 heterocycles. The lowest BCUT2D eigenvalue weighted by Crippen LogP contribution is -2.20. The van der Waals surface area contributed by atoms with Crippen LogP contribution in [0.2, 0.25) is 0 Å². The molecular formula is C16H16BrNO3. The van der Waals surface area contributed by atoms with Crippen molar-refractivity contribution in [3.05, 3.63) is 64.1 Å². The predicted octanol–water partition coefficient (Wildman–Crippen LogP) is 3.83. The Hall–Kier alpha value is -1.85. The van der Waals surface area contributed by atoms with Gasteiger partial charge in [0.25, 0.3) is 0 Å². The van der Waals surface area contributed by atoms with Crippen molar-refractivity contribution in [2.45, 2.75) is 12.6 Å². The number of carbonyl (C=O) groups is 1. The molecule has 1 atom stereocenters. The number of anilines is 1. The van der Waals surface area contributed by atoms with E-state index in [0.29, 0.717) is 12.2 Å². The first-order chi connectivity index (χ1) is 10.1. The molecule has 0 aliphatic carbocycles. The standard InChI is InChI=1S/C16H16BrNO3/c1-21-10-11-3-2-4-12(9-11)15(16(19)20)18-14-7-5-13(17)6-8-14/h2-9,15,18H,10H2,1H3,(H,19,20). The van der Waals surface area contributed by atoms with E-state index in [9.17, 15) is 9.90 Å². The molecule has 4 nitrogen and oxygen atoms in total. The summed E-state index contributed by atoms with van der Waals surface area (Å²) in [6.07, 6.45) is 0. The van der Waals surface area contributed by atoms with Gasteiger partial charge in [-0.25, -0.2) is 4.79 Å². The number of hydrogen-bond acceptors (Lipinski definition) is 3. The van der Waals surface area contributed by atoms with Crippen LogP contribution in [-0.4, -0.2) is 18.2 Å². The molecule has 2 aromatic carbocycles. The lowest BCUT2D eigenvalue weighted by atomic mass is 10.0. The first-order valence-electron chi connectivity index (χ1n) is 6.43. The molecule has 21 heavy (non-hydrogen) atoms. The average molecular weight is 350 g/mol. The number of aliphatic carboxylic acids is 1. The SMILES string of the molecule is COCc1cccc(C(Nc2ccc(Br)cc2)C(=O)O)c1. The largest absolute Gasteiger partial charge is 0.479 e. The van der Waals surface area contributed by atoms with Crippen LogP contribution >= 0.6 is 15.9 Å². The first kappa shape index (κ1) is 15.5. The topological polar surface area (TPSA) is 58.6 Å². The summed E-state index contributed by atoms with van der Waals surface area (Å²) in [4.78, 5) is 11.5. The minimum Gasteiger partial charge on any atom is -0.479 e. The molecule has 0 saturated heterocycles. The van der Waals surface area contributed by atoms with Crippen LogP contribution in [0.5, 0.6) is 0 Å². The molecule has 5 heteroatoms. The summed E-state index contributed by atoms with van der Waals surface area (Å²) in [5.74, 6) is -0.924. The molecule has 2 rings (SSSR count). The quantitative estimate of drug-likeness (QED) is 0.831. The van der Waals surface area contributed by atoms with Crippen LogP contribution < -0.4 is 5.32 Å². The number of nitrogens with one attached hydrogen (secondary N) is 1. The Morgan fingerprint density at radius 1 is 1.29 bits per heavy atom. The van der Waals surface area contributed by atoms with Crippen LogP contribution in [-0.2, 0) is 16.1 Å². The van der Waals surface area contributed by atoms with Gasteiger partial charge >= 0.3 is 5.97 Å². The van der Waals surface area contributed by atoms with Gasteiger partial charge in [-0.2, -0.15) is 0 Å². The number of carboxylic acids is 1. The van der Waals surface area contributed by atoms with E-state index in [1.165, 1.54) is 0 Å². The van der Waals surface area contributed by atoms with Gasteiger partial charge < -0.3 is 15.2 Å². The Kier molecular flexibility index (Phi) is 5.36. The molecule has 2 N–H and O–H groups in total. The molecule has 0 aliphatic rings. The molecule has 0 amide bonds. The van der Waals surface area contributed by atoms with Gasteiger partial charge in [0.1, 0.15) is 0 Å². The highest BCUT2D eigenvalue weighted by Crippen LogP contribution is 2.22. The summed E-state index contributed by atoms with van der Waals surface area (Å²) < 4.78 is 6.03. The van der Waals surface area contributed by atoms with E-state index in [1.807, 2.05) is 42.5 Å². The van der Waals surface area contributed by atoms with Crippen LogP contribution in [0.15, 0.2) is 53.0 Å². The van der Waals surface area contributed by atoms with E-state index in [0.717, 1.165) is 15.7 Å². The number of benzene rings is 2. The number of halogens is 1. The fourth-order valence-corrected chi connectivity index (χ4v) is 2.29. The summed E-state index contributed by atoms with van der Waals surface area (Å²) >= 11 is 3.35. The van der Waals surface area contributed by atoms with Crippen molar-refractivity contribution < 1.29 is 14.6 Å². The van der Waals surface area contributed by atoms with Crippen LogP contribution in [0.1, 0.15) is 17.2 Å². The molecule has 2 aromatic rings. The van der Waals surface area contributed by atoms with Gasteiger partial charge in [0.05, 0.1) is 6.61 Å². The molecule has 0 spiro atoms. The normalized spacial score (nSPS) is 11.9. The molecule has 0 fully saturated rings. The van der Waals surface area contributed by atoms with E-state index in [-0.39, 0.29) is 0 Å². The second-order valence-corrected chi connectivity index (χ2v) is 5.52. The number of carboxylic acid groups (broad SMARTS) is 1. The van der Waals surface area contributed by atoms with Gasteiger partial charge in [0.15, 0.2) is 6.04 Å². The summed E-state index contributed by atoms with van der Waals surface area (Å²) in [5, 5.41) is 12.5. The van der Waals surface area contributed by atoms with Crippen molar-refractivity contribution in [1.82, 2.24) is 0 Å². The maximum absolute atomic E-state index is 11.5. The third-order valence-electron chi connectivity index (χ3n) is 3.00. The first-order valence-corrected chi connectivity index (χ1v) is 7.22. The fourth-order valence-electron chi connectivity index (χ4n) is 2.03. The van der Waals surface area contributed by atoms with Crippen LogP contribution in [0.3, 0.4) is 0 Å². The lowest BCUT2D eigenvalue weighted by molar-refractivity contribution is -0.138. The molecule has 110 valence electrons. The molecule has 1 unspecified atom stereocenters. The summed E-state index contributed by atoms with van der Waals surface area (Å²) in [7, 11) is 1.61. The van der Waals surface area contributed by atoms with Crippen LogP contribution in [0, 0.1) is 0 Å². The zero-order valence-electron chi connectivity index (χ0n) is 11.5. The minimum atomic E-state index is -0.924. The lowest BCUT2D eigenvalue weighted by Gasteiger charge is -2.17. The van der Waals surface area contributed by atoms with E-state index in [1.54, 1.807) is 13.2 Å². The van der Waals surface area contributed by atoms with Gasteiger partial charge in [-0.3, -0.25) is 0 Å². The Morgan fingerprint density at radius 2 is 2.00 bits per heavy atom. The van der Waals surface area contributed by atoms with Gasteiger partial charge in [-0.05, 0) is 35.4 Å². The third-order valence-corrected chi connectivity index (χ3v) is 3.53. The fraction of sp³-hybridized carbons (Fsp3) is 0.188. The highest BCUT2D eigenvalue weighted by Gasteiger charge is 2.19. The summed E-state index contributed by atoms with van der Waals surface area (Å²) in [5.41, 5.74) is 2.39. The Bertz CT molecular complexity index is 613. The van der Waals surface area contributed by atoms with E-state index in [4.69, 9.17) is 4.74 Å². The number of methoxy groups -OCH3 is 1. The van der Waals surface area contributed by atoms with Crippen molar-refractivity contribution in [2.75, 3.05) is 12.4 Å². The Balaban J connectivity index is 2.24. The van der Waals surface area contributed by atoms with E-state index >= 15 is 0 Å². The average Bonchev–Trinajstić information content (AvgIpc) is 2.47. The third kappa shape index (κ3) is 4.31. The van der Waals surface area contributed by atoms with Gasteiger partial charge in [0.2, 0.25) is 0 Å². The predicted molar refractivity (Wildman–Crippen MR) is 85.3 cm³/mol. The summed E-state index contributed by atoms with van der Waals surface area (Å²) in [6.45, 7) is 0.457. The molecule has 0 radical (unpaired) electrons. The zero-order chi connectivity index (χ0) is 15.2. The molecular weight excluding hydrogens is 334 g/mol. The second kappa shape index (κ2) is 7.24. The molecule has 0 saturated carbocycles. The molecule has 0 aliphatic heterocycles. The van der Waals surface area contributed by atoms with Crippen molar-refractivity contribution >= 4 is 27.6 Å². The monoisotopic (exact) mass is 349 g/mol. The maximum Gasteiger partial charge on any atom is 0.330 e. The number of rotatable bonds is 6. The second-order valence-electron chi connectivity index (χ2n) is 4.60. The molecule has 0 bridgehead atoms. The van der Waals surface area contributed by atoms with Crippen molar-refractivity contribution in [1.29, 1.82) is 0 Å². The Morgan fingerprint density at radius 3 is 2.62 bits per heavy atom. The van der Waals surface area contributed by atoms with Crippen molar-refractivity contribution in [2.24, 2.45) is 0 Å². The summed E-state index contributed by atoms with van der Waals surface area (Å²) in [6, 6.07) is 14.0. The smallest absolute Gasteiger partial charge is 0.330 e. The molecule has 0 aromatic heterocycles. The van der Waals surface area contributed by atoms with E-state index < -0.39 is 12.0 Å². The van der Waals surface area contributed by atoms with E-state index in [2.05, 4.69) is 21.2 Å². The zero-order valence-corrected chi connectivity index (χ0v) is 13.1. The van der Waals surface area contributed by atoms with Crippen molar-refractivity contribution in [3.8, 4) is 0 Å². The maximum atomic E-state index is 11.5. The van der Waals surface area contributed by atoms with Gasteiger partial charge in [0, 0.05) is 17.3 Å². The van der Waals surface area contributed by atoms with Crippen LogP contribution in [0.25, 0.3) is 0 Å². The van der Waals surface area contributed by atoms with Crippen molar-refractivity contribution in [3.63, 3.8) is 0 Å². The van der Waals surface area contributed by atoms with Crippen LogP contribution in [0.4, 0.5) is 5.69 Å². The number of ether oxygens (including phenoxy) is 1. The Labute approximate surface area is 131 Å².